The lowest BCUT2D eigenvalue weighted by molar-refractivity contribution is -0.146. The fourth-order valence-corrected chi connectivity index (χ4v) is 2.25. The maximum absolute atomic E-state index is 12.3. The number of nitrogen functional groups attached to an aromatic ring is 1. The quantitative estimate of drug-likeness (QED) is 0.900. The molecule has 1 aliphatic heterocycles. The summed E-state index contributed by atoms with van der Waals surface area (Å²) in [5.41, 5.74) is 6.27. The first kappa shape index (κ1) is 15.6. The summed E-state index contributed by atoms with van der Waals surface area (Å²) < 4.78 is 42.3. The van der Waals surface area contributed by atoms with Crippen LogP contribution in [0.2, 0.25) is 0 Å². The van der Waals surface area contributed by atoms with Gasteiger partial charge in [0, 0.05) is 26.2 Å². The van der Waals surface area contributed by atoms with Crippen LogP contribution in [0.25, 0.3) is 0 Å². The van der Waals surface area contributed by atoms with Gasteiger partial charge in [-0.15, -0.1) is 0 Å². The van der Waals surface area contributed by atoms with Crippen molar-refractivity contribution in [3.05, 3.63) is 6.33 Å². The third kappa shape index (κ3) is 4.10. The Balaban J connectivity index is 2.01. The van der Waals surface area contributed by atoms with Crippen molar-refractivity contribution in [1.29, 1.82) is 0 Å². The van der Waals surface area contributed by atoms with E-state index in [0.717, 1.165) is 0 Å². The molecule has 118 valence electrons. The molecule has 21 heavy (non-hydrogen) atoms. The molecule has 0 spiro atoms. The standard InChI is InChI=1S/C12H18F3N5O/c1-2-21-11-9(16)10(17-8-18-11)20-5-3-19(4-6-20)7-12(13,14)15/h8H,2-7,16H2,1H3. The second kappa shape index (κ2) is 6.33. The molecule has 9 heteroatoms. The fraction of sp³-hybridized carbons (Fsp3) is 0.667. The summed E-state index contributed by atoms with van der Waals surface area (Å²) in [5.74, 6) is 0.820. The summed E-state index contributed by atoms with van der Waals surface area (Å²) in [7, 11) is 0. The van der Waals surface area contributed by atoms with Gasteiger partial charge >= 0.3 is 6.18 Å². The number of hydrogen-bond donors (Lipinski definition) is 1. The number of anilines is 2. The van der Waals surface area contributed by atoms with E-state index in [9.17, 15) is 13.2 Å². The summed E-state index contributed by atoms with van der Waals surface area (Å²) in [6.07, 6.45) is -2.82. The second-order valence-corrected chi connectivity index (χ2v) is 4.73. The molecule has 0 saturated carbocycles. The molecule has 0 bridgehead atoms. The maximum Gasteiger partial charge on any atom is 0.401 e. The van der Waals surface area contributed by atoms with Crippen molar-refractivity contribution >= 4 is 11.5 Å². The number of rotatable bonds is 4. The van der Waals surface area contributed by atoms with Crippen LogP contribution in [0.5, 0.6) is 5.88 Å². The van der Waals surface area contributed by atoms with Gasteiger partial charge in [0.05, 0.1) is 13.2 Å². The molecule has 0 atom stereocenters. The number of nitrogens with zero attached hydrogens (tertiary/aromatic N) is 4. The van der Waals surface area contributed by atoms with Crippen molar-refractivity contribution < 1.29 is 17.9 Å². The fourth-order valence-electron chi connectivity index (χ4n) is 2.25. The molecule has 2 N–H and O–H groups in total. The molecule has 2 heterocycles. The number of nitrogens with two attached hydrogens (primary N) is 1. The van der Waals surface area contributed by atoms with Crippen LogP contribution >= 0.6 is 0 Å². The number of aromatic nitrogens is 2. The molecule has 0 amide bonds. The second-order valence-electron chi connectivity index (χ2n) is 4.73. The minimum atomic E-state index is -4.17. The summed E-state index contributed by atoms with van der Waals surface area (Å²) in [6, 6.07) is 0. The van der Waals surface area contributed by atoms with Crippen LogP contribution < -0.4 is 15.4 Å². The van der Waals surface area contributed by atoms with E-state index in [1.54, 1.807) is 0 Å². The first-order chi connectivity index (χ1) is 9.90. The van der Waals surface area contributed by atoms with Gasteiger partial charge in [-0.25, -0.2) is 4.98 Å². The summed E-state index contributed by atoms with van der Waals surface area (Å²) in [5, 5.41) is 0. The Hall–Kier alpha value is -1.77. The van der Waals surface area contributed by atoms with Gasteiger partial charge in [-0.05, 0) is 6.92 Å². The van der Waals surface area contributed by atoms with Crippen LogP contribution in [0.4, 0.5) is 24.7 Å². The first-order valence-electron chi connectivity index (χ1n) is 6.68. The summed E-state index contributed by atoms with van der Waals surface area (Å²) >= 11 is 0. The molecule has 1 saturated heterocycles. The predicted octanol–water partition coefficient (Wildman–Crippen LogP) is 1.14. The number of hydrogen-bond acceptors (Lipinski definition) is 6. The van der Waals surface area contributed by atoms with Crippen molar-refractivity contribution in [3.63, 3.8) is 0 Å². The van der Waals surface area contributed by atoms with E-state index < -0.39 is 12.7 Å². The van der Waals surface area contributed by atoms with Crippen LogP contribution in [0.15, 0.2) is 6.33 Å². The Morgan fingerprint density at radius 1 is 1.24 bits per heavy atom. The van der Waals surface area contributed by atoms with Crippen molar-refractivity contribution in [3.8, 4) is 5.88 Å². The van der Waals surface area contributed by atoms with E-state index >= 15 is 0 Å². The molecule has 6 nitrogen and oxygen atoms in total. The molecule has 1 fully saturated rings. The number of halogens is 3. The van der Waals surface area contributed by atoms with Gasteiger partial charge in [0.15, 0.2) is 5.82 Å². The van der Waals surface area contributed by atoms with Crippen molar-refractivity contribution in [1.82, 2.24) is 14.9 Å². The summed E-state index contributed by atoms with van der Waals surface area (Å²) in [6.45, 7) is 2.85. The zero-order valence-electron chi connectivity index (χ0n) is 11.7. The molecular weight excluding hydrogens is 287 g/mol. The van der Waals surface area contributed by atoms with E-state index in [0.29, 0.717) is 50.2 Å². The average Bonchev–Trinajstić information content (AvgIpc) is 2.41. The van der Waals surface area contributed by atoms with Crippen LogP contribution in [0.1, 0.15) is 6.92 Å². The lowest BCUT2D eigenvalue weighted by Crippen LogP contribution is -2.49. The minimum absolute atomic E-state index is 0.306. The Labute approximate surface area is 120 Å². The van der Waals surface area contributed by atoms with Crippen molar-refractivity contribution in [2.24, 2.45) is 0 Å². The highest BCUT2D eigenvalue weighted by atomic mass is 19.4. The Kier molecular flexibility index (Phi) is 4.71. The van der Waals surface area contributed by atoms with Crippen LogP contribution in [0, 0.1) is 0 Å². The molecule has 0 unspecified atom stereocenters. The molecule has 1 aromatic rings. The van der Waals surface area contributed by atoms with Gasteiger partial charge in [0.1, 0.15) is 12.0 Å². The van der Waals surface area contributed by atoms with E-state index in [1.165, 1.54) is 11.2 Å². The van der Waals surface area contributed by atoms with Crippen LogP contribution in [0.3, 0.4) is 0 Å². The summed E-state index contributed by atoms with van der Waals surface area (Å²) in [4.78, 5) is 11.3. The molecule has 1 aliphatic rings. The zero-order chi connectivity index (χ0) is 15.5. The highest BCUT2D eigenvalue weighted by Gasteiger charge is 2.32. The first-order valence-corrected chi connectivity index (χ1v) is 6.68. The highest BCUT2D eigenvalue weighted by Crippen LogP contribution is 2.28. The van der Waals surface area contributed by atoms with Crippen molar-refractivity contribution in [2.45, 2.75) is 13.1 Å². The van der Waals surface area contributed by atoms with Crippen LogP contribution in [-0.4, -0.2) is 60.4 Å². The lowest BCUT2D eigenvalue weighted by atomic mass is 10.3. The minimum Gasteiger partial charge on any atom is -0.476 e. The van der Waals surface area contributed by atoms with E-state index in [-0.39, 0.29) is 0 Å². The zero-order valence-corrected chi connectivity index (χ0v) is 11.7. The number of ether oxygens (including phenoxy) is 1. The van der Waals surface area contributed by atoms with Gasteiger partial charge in [0.2, 0.25) is 5.88 Å². The highest BCUT2D eigenvalue weighted by molar-refractivity contribution is 5.67. The number of piperazine rings is 1. The Morgan fingerprint density at radius 2 is 1.90 bits per heavy atom. The van der Waals surface area contributed by atoms with Gasteiger partial charge < -0.3 is 15.4 Å². The molecule has 0 aliphatic carbocycles. The normalized spacial score (nSPS) is 17.0. The molecule has 2 rings (SSSR count). The predicted molar refractivity (Wildman–Crippen MR) is 72.3 cm³/mol. The molecule has 1 aromatic heterocycles. The van der Waals surface area contributed by atoms with E-state index in [4.69, 9.17) is 10.5 Å². The van der Waals surface area contributed by atoms with Gasteiger partial charge in [-0.1, -0.05) is 0 Å². The molecule has 0 radical (unpaired) electrons. The lowest BCUT2D eigenvalue weighted by Gasteiger charge is -2.36. The van der Waals surface area contributed by atoms with E-state index in [2.05, 4.69) is 9.97 Å². The third-order valence-corrected chi connectivity index (χ3v) is 3.18. The maximum atomic E-state index is 12.3. The van der Waals surface area contributed by atoms with Gasteiger partial charge in [0.25, 0.3) is 0 Å². The van der Waals surface area contributed by atoms with Gasteiger partial charge in [-0.2, -0.15) is 18.2 Å². The largest absolute Gasteiger partial charge is 0.476 e. The average molecular weight is 305 g/mol. The number of alkyl halides is 3. The topological polar surface area (TPSA) is 67.5 Å². The molecule has 0 aromatic carbocycles. The molecular formula is C12H18F3N5O. The SMILES string of the molecule is CCOc1ncnc(N2CCN(CC(F)(F)F)CC2)c1N. The monoisotopic (exact) mass is 305 g/mol. The van der Waals surface area contributed by atoms with E-state index in [1.807, 2.05) is 11.8 Å². The van der Waals surface area contributed by atoms with Crippen molar-refractivity contribution in [2.75, 3.05) is 50.0 Å². The third-order valence-electron chi connectivity index (χ3n) is 3.18. The smallest absolute Gasteiger partial charge is 0.401 e. The van der Waals surface area contributed by atoms with Gasteiger partial charge in [-0.3, -0.25) is 4.90 Å². The Bertz CT molecular complexity index is 474. The Morgan fingerprint density at radius 3 is 2.48 bits per heavy atom. The van der Waals surface area contributed by atoms with Crippen LogP contribution in [-0.2, 0) is 0 Å².